The zero-order valence-corrected chi connectivity index (χ0v) is 23.1. The lowest BCUT2D eigenvalue weighted by Crippen LogP contribution is -2.54. The molecule has 0 radical (unpaired) electrons. The van der Waals surface area contributed by atoms with Crippen molar-refractivity contribution in [2.75, 3.05) is 4.90 Å². The summed E-state index contributed by atoms with van der Waals surface area (Å²) in [5.74, 6) is -3.26. The van der Waals surface area contributed by atoms with Crippen molar-refractivity contribution in [1.82, 2.24) is 5.43 Å². The topological polar surface area (TPSA) is 146 Å². The predicted molar refractivity (Wildman–Crippen MR) is 160 cm³/mol. The maximum Gasteiger partial charge on any atom is 0.269 e. The van der Waals surface area contributed by atoms with Gasteiger partial charge in [0, 0.05) is 24.3 Å². The Morgan fingerprint density at radius 2 is 1.55 bits per heavy atom. The van der Waals surface area contributed by atoms with Gasteiger partial charge in [-0.25, -0.2) is 10.3 Å². The summed E-state index contributed by atoms with van der Waals surface area (Å²) in [5.41, 5.74) is 5.81. The molecule has 1 aliphatic heterocycles. The van der Waals surface area contributed by atoms with Crippen LogP contribution in [0.1, 0.15) is 39.3 Å². The highest BCUT2D eigenvalue weighted by Gasteiger charge is 2.68. The monoisotopic (exact) mass is 581 g/mol. The maximum atomic E-state index is 14.4. The number of para-hydroxylation sites is 1. The van der Waals surface area contributed by atoms with Crippen molar-refractivity contribution in [3.05, 3.63) is 141 Å². The highest BCUT2D eigenvalue weighted by Crippen LogP contribution is 2.63. The summed E-state index contributed by atoms with van der Waals surface area (Å²) < 4.78 is 0. The second-order valence-electron chi connectivity index (χ2n) is 11.1. The standard InChI is InChI=1S/C34H23N5O5/c35-18-21-7-1-6-12-27(21)38-32(41)30-29-23-8-2-4-10-25(23)34(31(30)33(38)42,26-11-5-3-9-24(26)29)19-36-37-28(40)17-20-13-15-22(16-14-20)39(43)44/h1-16,19,29-31H,17H2,(H,37,40)/b36-19-/t29?,30-,31-,34?/m1/s1. The average Bonchev–Trinajstić information content (AvgIpc) is 3.31. The van der Waals surface area contributed by atoms with Gasteiger partial charge in [-0.15, -0.1) is 0 Å². The van der Waals surface area contributed by atoms with E-state index in [0.29, 0.717) is 5.56 Å². The summed E-state index contributed by atoms with van der Waals surface area (Å²) >= 11 is 0. The summed E-state index contributed by atoms with van der Waals surface area (Å²) in [4.78, 5) is 53.2. The van der Waals surface area contributed by atoms with Gasteiger partial charge in [0.05, 0.1) is 39.8 Å². The normalized spacial score (nSPS) is 22.7. The van der Waals surface area contributed by atoms with Crippen LogP contribution in [0.5, 0.6) is 0 Å². The van der Waals surface area contributed by atoms with E-state index < -0.39 is 34.0 Å². The number of hydrazone groups is 1. The molecule has 0 unspecified atom stereocenters. The fourth-order valence-electron chi connectivity index (χ4n) is 7.22. The van der Waals surface area contributed by atoms with E-state index in [2.05, 4.69) is 16.6 Å². The summed E-state index contributed by atoms with van der Waals surface area (Å²) in [7, 11) is 0. The van der Waals surface area contributed by atoms with Gasteiger partial charge in [-0.2, -0.15) is 10.4 Å². The molecule has 1 fully saturated rings. The fourth-order valence-corrected chi connectivity index (χ4v) is 7.22. The smallest absolute Gasteiger partial charge is 0.269 e. The number of nitrogens with zero attached hydrogens (tertiary/aromatic N) is 4. The average molecular weight is 582 g/mol. The van der Waals surface area contributed by atoms with E-state index in [1.54, 1.807) is 30.5 Å². The molecule has 8 rings (SSSR count). The number of carbonyl (C=O) groups is 3. The molecule has 2 bridgehead atoms. The van der Waals surface area contributed by atoms with Gasteiger partial charge in [-0.3, -0.25) is 24.5 Å². The Morgan fingerprint density at radius 1 is 0.932 bits per heavy atom. The highest BCUT2D eigenvalue weighted by molar-refractivity contribution is 6.25. The Balaban J connectivity index is 1.32. The first-order valence-corrected chi connectivity index (χ1v) is 14.0. The number of imide groups is 1. The number of non-ortho nitro benzene ring substituents is 1. The van der Waals surface area contributed by atoms with E-state index in [1.165, 1.54) is 24.3 Å². The molecular formula is C34H23N5O5. The quantitative estimate of drug-likeness (QED) is 0.155. The predicted octanol–water partition coefficient (Wildman–Crippen LogP) is 4.36. The SMILES string of the molecule is N#Cc1ccccc1N1C(=O)[C@@H]2C3c4ccccc4C(/C=N\NC(=O)Cc4ccc([N+](=O)[O-])cc4)(c4ccccc43)[C@H]2C1=O. The molecule has 0 saturated carbocycles. The fraction of sp³-hybridized carbons (Fsp3) is 0.147. The van der Waals surface area contributed by atoms with Crippen molar-refractivity contribution in [3.63, 3.8) is 0 Å². The molecule has 4 aliphatic rings. The van der Waals surface area contributed by atoms with E-state index in [4.69, 9.17) is 0 Å². The third-order valence-electron chi connectivity index (χ3n) is 8.92. The van der Waals surface area contributed by atoms with Crippen LogP contribution in [-0.2, 0) is 26.2 Å². The molecule has 44 heavy (non-hydrogen) atoms. The van der Waals surface area contributed by atoms with Gasteiger partial charge in [0.1, 0.15) is 6.07 Å². The Labute approximate surface area is 251 Å². The third kappa shape index (κ3) is 3.79. The van der Waals surface area contributed by atoms with E-state index >= 15 is 0 Å². The Kier molecular flexibility index (Phi) is 6.18. The van der Waals surface area contributed by atoms with Crippen LogP contribution in [0.15, 0.2) is 102 Å². The number of amides is 3. The van der Waals surface area contributed by atoms with Crippen LogP contribution in [0.4, 0.5) is 11.4 Å². The van der Waals surface area contributed by atoms with Gasteiger partial charge < -0.3 is 0 Å². The molecular weight excluding hydrogens is 558 g/mol. The highest BCUT2D eigenvalue weighted by atomic mass is 16.6. The number of anilines is 1. The number of hydrogen-bond acceptors (Lipinski definition) is 7. The van der Waals surface area contributed by atoms with Crippen LogP contribution >= 0.6 is 0 Å². The minimum absolute atomic E-state index is 0.0697. The molecule has 2 atom stereocenters. The second-order valence-corrected chi connectivity index (χ2v) is 11.1. The van der Waals surface area contributed by atoms with Crippen LogP contribution < -0.4 is 10.3 Å². The third-order valence-corrected chi connectivity index (χ3v) is 8.92. The van der Waals surface area contributed by atoms with E-state index in [-0.39, 0.29) is 35.2 Å². The summed E-state index contributed by atoms with van der Waals surface area (Å²) in [5, 5.41) is 25.1. The first-order valence-electron chi connectivity index (χ1n) is 14.0. The number of nitrogens with one attached hydrogen (secondary N) is 1. The Bertz CT molecular complexity index is 1910. The lowest BCUT2D eigenvalue weighted by molar-refractivity contribution is -0.384. The largest absolute Gasteiger partial charge is 0.274 e. The van der Waals surface area contributed by atoms with Gasteiger partial charge >= 0.3 is 0 Å². The first kappa shape index (κ1) is 26.9. The van der Waals surface area contributed by atoms with E-state index in [1.807, 2.05) is 48.5 Å². The summed E-state index contributed by atoms with van der Waals surface area (Å²) in [6.07, 6.45) is 1.50. The molecule has 1 N–H and O–H groups in total. The van der Waals surface area contributed by atoms with Crippen molar-refractivity contribution >= 4 is 35.3 Å². The van der Waals surface area contributed by atoms with Crippen LogP contribution in [0, 0.1) is 33.3 Å². The van der Waals surface area contributed by atoms with E-state index in [9.17, 15) is 29.8 Å². The zero-order valence-electron chi connectivity index (χ0n) is 23.1. The van der Waals surface area contributed by atoms with Gasteiger partial charge in [0.15, 0.2) is 0 Å². The number of hydrogen-bond donors (Lipinski definition) is 1. The van der Waals surface area contributed by atoms with E-state index in [0.717, 1.165) is 27.2 Å². The molecule has 4 aromatic carbocycles. The van der Waals surface area contributed by atoms with Gasteiger partial charge in [-0.05, 0) is 39.9 Å². The molecule has 214 valence electrons. The number of rotatable bonds is 6. The van der Waals surface area contributed by atoms with Crippen LogP contribution in [0.2, 0.25) is 0 Å². The number of nitro benzene ring substituents is 1. The molecule has 10 heteroatoms. The number of carbonyl (C=O) groups excluding carboxylic acids is 3. The van der Waals surface area contributed by atoms with Crippen LogP contribution in [0.3, 0.4) is 0 Å². The first-order chi connectivity index (χ1) is 21.4. The molecule has 10 nitrogen and oxygen atoms in total. The van der Waals surface area contributed by atoms with Gasteiger partial charge in [0.25, 0.3) is 5.69 Å². The Hall–Kier alpha value is -5.95. The molecule has 0 spiro atoms. The van der Waals surface area contributed by atoms with Crippen molar-refractivity contribution in [3.8, 4) is 6.07 Å². The maximum absolute atomic E-state index is 14.4. The molecule has 3 aliphatic carbocycles. The lowest BCUT2D eigenvalue weighted by Gasteiger charge is -2.52. The lowest BCUT2D eigenvalue weighted by atomic mass is 9.47. The number of nitriles is 1. The summed E-state index contributed by atoms with van der Waals surface area (Å²) in [6.45, 7) is 0. The van der Waals surface area contributed by atoms with Crippen LogP contribution in [-0.4, -0.2) is 28.9 Å². The molecule has 1 heterocycles. The van der Waals surface area contributed by atoms with Crippen molar-refractivity contribution in [2.45, 2.75) is 17.8 Å². The molecule has 0 aromatic heterocycles. The molecule has 3 amide bonds. The van der Waals surface area contributed by atoms with Gasteiger partial charge in [0.2, 0.25) is 17.7 Å². The minimum atomic E-state index is -1.18. The van der Waals surface area contributed by atoms with Crippen molar-refractivity contribution < 1.29 is 19.3 Å². The van der Waals surface area contributed by atoms with Crippen molar-refractivity contribution in [2.24, 2.45) is 16.9 Å². The van der Waals surface area contributed by atoms with Crippen LogP contribution in [0.25, 0.3) is 0 Å². The number of nitro groups is 1. The number of benzene rings is 4. The summed E-state index contributed by atoms with van der Waals surface area (Å²) in [6, 6.07) is 29.7. The second kappa shape index (κ2) is 10.1. The van der Waals surface area contributed by atoms with Crippen molar-refractivity contribution in [1.29, 1.82) is 5.26 Å². The van der Waals surface area contributed by atoms with Gasteiger partial charge in [-0.1, -0.05) is 72.8 Å². The Morgan fingerprint density at radius 3 is 2.18 bits per heavy atom. The molecule has 1 saturated heterocycles. The zero-order chi connectivity index (χ0) is 30.6. The minimum Gasteiger partial charge on any atom is -0.274 e. The molecule has 4 aromatic rings.